The Labute approximate surface area is 172 Å². The van der Waals surface area contributed by atoms with Crippen LogP contribution >= 0.6 is 0 Å². The third-order valence-corrected chi connectivity index (χ3v) is 6.84. The van der Waals surface area contributed by atoms with Crippen LogP contribution in [0.3, 0.4) is 0 Å². The zero-order chi connectivity index (χ0) is 22.1. The van der Waals surface area contributed by atoms with Crippen LogP contribution in [0.25, 0.3) is 0 Å². The molecule has 6 N–H and O–H groups in total. The number of primary amides is 1. The Hall–Kier alpha value is -2.91. The number of carbonyl (C=O) groups excluding carboxylic acids is 3. The van der Waals surface area contributed by atoms with E-state index in [9.17, 15) is 34.8 Å². The molecular weight excluding hydrogens is 392 g/mol. The number of phenolic OH excluding ortho intramolecular Hbond substituents is 1. The number of carbonyl (C=O) groups is 3. The summed E-state index contributed by atoms with van der Waals surface area (Å²) in [5, 5.41) is 43.5. The van der Waals surface area contributed by atoms with Crippen molar-refractivity contribution in [2.24, 2.45) is 23.5 Å². The van der Waals surface area contributed by atoms with E-state index in [1.807, 2.05) is 0 Å². The van der Waals surface area contributed by atoms with Crippen LogP contribution in [0.1, 0.15) is 28.8 Å². The maximum absolute atomic E-state index is 13.4. The molecule has 1 fully saturated rings. The van der Waals surface area contributed by atoms with Gasteiger partial charge in [-0.3, -0.25) is 14.4 Å². The number of aliphatic hydroxyl groups excluding tert-OH is 2. The molecule has 0 heterocycles. The first-order chi connectivity index (χ1) is 14.0. The van der Waals surface area contributed by atoms with Crippen LogP contribution in [0.5, 0.6) is 5.75 Å². The molecular formula is C21H24N2O7. The van der Waals surface area contributed by atoms with Crippen molar-refractivity contribution in [1.82, 2.24) is 0 Å². The third-order valence-electron chi connectivity index (χ3n) is 6.84. The molecule has 9 nitrogen and oxygen atoms in total. The number of Topliss-reactive ketones (excluding diaryl/α,β-unsaturated/α-hetero) is 2. The van der Waals surface area contributed by atoms with Crippen LogP contribution in [0.15, 0.2) is 23.5 Å². The maximum Gasteiger partial charge on any atom is 0.255 e. The average molecular weight is 416 g/mol. The van der Waals surface area contributed by atoms with Crippen LogP contribution < -0.4 is 10.6 Å². The summed E-state index contributed by atoms with van der Waals surface area (Å²) in [6.07, 6.45) is -1.50. The van der Waals surface area contributed by atoms with Gasteiger partial charge in [-0.05, 0) is 30.4 Å². The highest BCUT2D eigenvalue weighted by molar-refractivity contribution is 6.20. The van der Waals surface area contributed by atoms with Gasteiger partial charge in [-0.1, -0.05) is 6.07 Å². The first-order valence-corrected chi connectivity index (χ1v) is 9.73. The summed E-state index contributed by atoms with van der Waals surface area (Å²) in [5.41, 5.74) is 3.24. The quantitative estimate of drug-likeness (QED) is 0.415. The molecule has 0 aromatic heterocycles. The van der Waals surface area contributed by atoms with Crippen molar-refractivity contribution in [2.75, 3.05) is 19.0 Å². The predicted molar refractivity (Wildman–Crippen MR) is 105 cm³/mol. The number of phenols is 1. The zero-order valence-corrected chi connectivity index (χ0v) is 16.6. The van der Waals surface area contributed by atoms with E-state index in [1.165, 1.54) is 0 Å². The van der Waals surface area contributed by atoms with Gasteiger partial charge in [0.05, 0.1) is 17.2 Å². The number of nitrogens with zero attached hydrogens (tertiary/aromatic N) is 1. The molecule has 3 aliphatic rings. The topological polar surface area (TPSA) is 161 Å². The van der Waals surface area contributed by atoms with Gasteiger partial charge >= 0.3 is 0 Å². The van der Waals surface area contributed by atoms with E-state index in [1.54, 1.807) is 31.1 Å². The average Bonchev–Trinajstić information content (AvgIpc) is 2.64. The highest BCUT2D eigenvalue weighted by Crippen LogP contribution is 2.53. The van der Waals surface area contributed by atoms with E-state index in [4.69, 9.17) is 5.73 Å². The number of hydrogen-bond acceptors (Lipinski definition) is 8. The molecule has 0 spiro atoms. The molecule has 0 bridgehead atoms. The fraction of sp³-hybridized carbons (Fsp3) is 0.476. The minimum atomic E-state index is -2.35. The number of nitrogens with two attached hydrogens (primary N) is 1. The monoisotopic (exact) mass is 416 g/mol. The molecule has 1 amide bonds. The van der Waals surface area contributed by atoms with E-state index in [2.05, 4.69) is 0 Å². The van der Waals surface area contributed by atoms with Crippen LogP contribution in [-0.2, 0) is 16.0 Å². The second kappa shape index (κ2) is 6.55. The number of anilines is 1. The normalized spacial score (nSPS) is 32.9. The number of aliphatic hydroxyl groups is 3. The molecule has 1 aromatic carbocycles. The number of benzene rings is 1. The summed E-state index contributed by atoms with van der Waals surface area (Å²) in [6, 6.07) is 3.45. The molecule has 5 atom stereocenters. The van der Waals surface area contributed by atoms with E-state index in [0.29, 0.717) is 17.7 Å². The van der Waals surface area contributed by atoms with Crippen molar-refractivity contribution in [3.05, 3.63) is 34.6 Å². The van der Waals surface area contributed by atoms with Gasteiger partial charge in [0.25, 0.3) is 5.91 Å². The second-order valence-electron chi connectivity index (χ2n) is 8.63. The van der Waals surface area contributed by atoms with Crippen LogP contribution in [0.2, 0.25) is 0 Å². The van der Waals surface area contributed by atoms with Gasteiger partial charge in [0.2, 0.25) is 0 Å². The molecule has 30 heavy (non-hydrogen) atoms. The summed E-state index contributed by atoms with van der Waals surface area (Å²) in [7, 11) is 3.43. The Morgan fingerprint density at radius 2 is 1.87 bits per heavy atom. The molecule has 9 heteroatoms. The number of hydrogen-bond donors (Lipinski definition) is 5. The fourth-order valence-corrected chi connectivity index (χ4v) is 5.39. The number of amides is 1. The highest BCUT2D eigenvalue weighted by Gasteiger charge is 2.62. The molecule has 1 saturated carbocycles. The van der Waals surface area contributed by atoms with Crippen molar-refractivity contribution in [1.29, 1.82) is 0 Å². The Morgan fingerprint density at radius 1 is 1.20 bits per heavy atom. The number of ketones is 2. The van der Waals surface area contributed by atoms with Gasteiger partial charge in [0.15, 0.2) is 17.2 Å². The van der Waals surface area contributed by atoms with Crippen LogP contribution in [0.4, 0.5) is 5.69 Å². The summed E-state index contributed by atoms with van der Waals surface area (Å²) < 4.78 is 0. The van der Waals surface area contributed by atoms with E-state index in [-0.39, 0.29) is 24.2 Å². The van der Waals surface area contributed by atoms with Gasteiger partial charge in [0, 0.05) is 26.4 Å². The van der Waals surface area contributed by atoms with Gasteiger partial charge in [-0.15, -0.1) is 0 Å². The maximum atomic E-state index is 13.4. The van der Waals surface area contributed by atoms with Gasteiger partial charge in [-0.25, -0.2) is 0 Å². The first-order valence-electron chi connectivity index (χ1n) is 9.73. The molecule has 0 aliphatic heterocycles. The Balaban J connectivity index is 1.84. The largest absolute Gasteiger partial charge is 0.508 e. The van der Waals surface area contributed by atoms with Gasteiger partial charge in [0.1, 0.15) is 23.2 Å². The second-order valence-corrected chi connectivity index (χ2v) is 8.63. The lowest BCUT2D eigenvalue weighted by molar-refractivity contribution is -0.170. The Kier molecular flexibility index (Phi) is 4.44. The standard InChI is InChI=1S/C21H24N2O7/c1-23(2)11-4-3-8-5-9-6-10-7-12(24)15(20(22)29)19(28)21(10,30)18(27)14(9)17(26)13(8)16(11)25/h3-4,9-10,14,18,25,27-28,30H,5-7H2,1-2H3,(H2,22,29). The summed E-state index contributed by atoms with van der Waals surface area (Å²) in [4.78, 5) is 38.9. The smallest absolute Gasteiger partial charge is 0.255 e. The van der Waals surface area contributed by atoms with Crippen molar-refractivity contribution in [3.8, 4) is 5.75 Å². The first kappa shape index (κ1) is 20.4. The van der Waals surface area contributed by atoms with Crippen molar-refractivity contribution < 1.29 is 34.8 Å². The van der Waals surface area contributed by atoms with Crippen molar-refractivity contribution >= 4 is 23.2 Å². The fourth-order valence-electron chi connectivity index (χ4n) is 5.39. The Morgan fingerprint density at radius 3 is 2.47 bits per heavy atom. The van der Waals surface area contributed by atoms with Crippen molar-refractivity contribution in [2.45, 2.75) is 31.0 Å². The number of fused-ring (bicyclic) bond motifs is 3. The molecule has 1 aromatic rings. The lowest BCUT2D eigenvalue weighted by Crippen LogP contribution is -2.64. The molecule has 160 valence electrons. The lowest BCUT2D eigenvalue weighted by Gasteiger charge is -2.52. The summed E-state index contributed by atoms with van der Waals surface area (Å²) in [6.45, 7) is 0. The number of rotatable bonds is 2. The number of aromatic hydroxyl groups is 1. The molecule has 4 rings (SSSR count). The Bertz CT molecular complexity index is 1010. The van der Waals surface area contributed by atoms with Crippen LogP contribution in [0, 0.1) is 17.8 Å². The highest BCUT2D eigenvalue weighted by atomic mass is 16.4. The van der Waals surface area contributed by atoms with Gasteiger partial charge < -0.3 is 31.1 Å². The molecule has 0 radical (unpaired) electrons. The predicted octanol–water partition coefficient (Wildman–Crippen LogP) is -0.188. The van der Waals surface area contributed by atoms with Gasteiger partial charge in [-0.2, -0.15) is 0 Å². The van der Waals surface area contributed by atoms with E-state index >= 15 is 0 Å². The summed E-state index contributed by atoms with van der Waals surface area (Å²) in [5.74, 6) is -6.02. The lowest BCUT2D eigenvalue weighted by atomic mass is 9.55. The molecule has 3 aliphatic carbocycles. The van der Waals surface area contributed by atoms with Crippen molar-refractivity contribution in [3.63, 3.8) is 0 Å². The third kappa shape index (κ3) is 2.51. The zero-order valence-electron chi connectivity index (χ0n) is 16.6. The summed E-state index contributed by atoms with van der Waals surface area (Å²) >= 11 is 0. The SMILES string of the molecule is CN(C)c1ccc2c(c1O)C(=O)C1C(C2)CC2CC(=O)C(C(N)=O)=C(O)C2(O)C1O. The van der Waals surface area contributed by atoms with E-state index in [0.717, 1.165) is 0 Å². The minimum absolute atomic E-state index is 0.0778. The van der Waals surface area contributed by atoms with Crippen LogP contribution in [-0.4, -0.2) is 63.7 Å². The van der Waals surface area contributed by atoms with E-state index < -0.39 is 58.3 Å². The molecule has 0 saturated heterocycles. The molecule has 5 unspecified atom stereocenters. The minimum Gasteiger partial charge on any atom is -0.508 e.